The number of hydrogen-bond acceptors (Lipinski definition) is 7. The molecule has 3 fully saturated rings. The van der Waals surface area contributed by atoms with Crippen molar-refractivity contribution in [2.45, 2.75) is 51.8 Å². The van der Waals surface area contributed by atoms with Crippen LogP contribution >= 0.6 is 22.9 Å². The van der Waals surface area contributed by atoms with Crippen molar-refractivity contribution in [1.29, 1.82) is 0 Å². The maximum atomic E-state index is 12.5. The molecule has 3 aromatic rings. The number of aryl methyl sites for hydroxylation is 1. The number of nitrogens with one attached hydrogen (secondary N) is 1. The highest BCUT2D eigenvalue weighted by Crippen LogP contribution is 2.48. The van der Waals surface area contributed by atoms with Crippen LogP contribution in [-0.4, -0.2) is 51.5 Å². The van der Waals surface area contributed by atoms with Gasteiger partial charge < -0.3 is 10.1 Å². The Kier molecular flexibility index (Phi) is 5.49. The van der Waals surface area contributed by atoms with E-state index in [-0.39, 0.29) is 35.3 Å². The number of carbonyl (C=O) groups is 2. The number of aromatic nitrogens is 2. The molecule has 2 saturated heterocycles. The molecule has 6 rings (SSSR count). The normalized spacial score (nSPS) is 25.4. The summed E-state index contributed by atoms with van der Waals surface area (Å²) in [7, 11) is 0. The molecule has 0 bridgehead atoms. The Morgan fingerprint density at radius 2 is 1.97 bits per heavy atom. The standard InChI is InChI=1S/C26H27ClN4O3S/c1-13-4-14(27)5-18(17(13)6-15-9-30-26(2,3)11-34-15)22-23-21(28-12-29-22)7-16(35-23)10-31-24(32)19-8-20(19)25(31)33/h4-5,7,12,15,19-20,30H,6,8-11H2,1-3H3. The number of nitrogens with zero attached hydrogens (tertiary/aromatic N) is 3. The molecule has 0 spiro atoms. The van der Waals surface area contributed by atoms with Gasteiger partial charge in [0.1, 0.15) is 6.33 Å². The second-order valence-corrected chi connectivity index (χ2v) is 12.1. The fourth-order valence-corrected chi connectivity index (χ4v) is 6.55. The smallest absolute Gasteiger partial charge is 0.233 e. The Balaban J connectivity index is 1.35. The third-order valence-electron chi connectivity index (χ3n) is 7.25. The summed E-state index contributed by atoms with van der Waals surface area (Å²) in [5, 5.41) is 4.22. The number of fused-ring (bicyclic) bond motifs is 2. The number of amides is 2. The van der Waals surface area contributed by atoms with Crippen LogP contribution in [0, 0.1) is 18.8 Å². The van der Waals surface area contributed by atoms with Crippen LogP contribution in [0.15, 0.2) is 24.5 Å². The molecule has 2 aromatic heterocycles. The van der Waals surface area contributed by atoms with Crippen LogP contribution in [0.4, 0.5) is 0 Å². The molecule has 3 unspecified atom stereocenters. The number of morpholine rings is 1. The molecule has 7 nitrogen and oxygen atoms in total. The van der Waals surface area contributed by atoms with E-state index in [0.717, 1.165) is 50.4 Å². The number of thiophene rings is 1. The zero-order valence-corrected chi connectivity index (χ0v) is 21.5. The predicted molar refractivity (Wildman–Crippen MR) is 135 cm³/mol. The molecule has 9 heteroatoms. The van der Waals surface area contributed by atoms with Gasteiger partial charge in [0.25, 0.3) is 0 Å². The number of piperidine rings is 1. The van der Waals surface area contributed by atoms with E-state index in [0.29, 0.717) is 24.6 Å². The van der Waals surface area contributed by atoms with Gasteiger partial charge in [0.05, 0.1) is 47.0 Å². The van der Waals surface area contributed by atoms with E-state index in [1.807, 2.05) is 18.2 Å². The minimum atomic E-state index is -0.0914. The average molecular weight is 511 g/mol. The first kappa shape index (κ1) is 23.0. The molecular formula is C26H27ClN4O3S. The lowest BCUT2D eigenvalue weighted by molar-refractivity contribution is -0.141. The van der Waals surface area contributed by atoms with Gasteiger partial charge in [0.15, 0.2) is 0 Å². The summed E-state index contributed by atoms with van der Waals surface area (Å²) in [5.74, 6) is -0.265. The Hall–Kier alpha value is -2.39. The maximum Gasteiger partial charge on any atom is 0.233 e. The minimum Gasteiger partial charge on any atom is -0.375 e. The summed E-state index contributed by atoms with van der Waals surface area (Å²) >= 11 is 8.04. The SMILES string of the molecule is Cc1cc(Cl)cc(-c2ncnc3cc(CN4C(=O)C5CC5C4=O)sc23)c1CC1CNC(C)(C)CO1. The van der Waals surface area contributed by atoms with Crippen LogP contribution in [0.1, 0.15) is 36.3 Å². The van der Waals surface area contributed by atoms with Crippen LogP contribution in [-0.2, 0) is 27.3 Å². The maximum absolute atomic E-state index is 12.5. The van der Waals surface area contributed by atoms with E-state index in [4.69, 9.17) is 16.3 Å². The zero-order chi connectivity index (χ0) is 24.5. The average Bonchev–Trinajstić information content (AvgIpc) is 3.44. The molecule has 1 aromatic carbocycles. The fourth-order valence-electron chi connectivity index (χ4n) is 5.18. The molecule has 2 amide bonds. The second-order valence-electron chi connectivity index (χ2n) is 10.5. The van der Waals surface area contributed by atoms with Crippen molar-refractivity contribution in [2.75, 3.05) is 13.2 Å². The molecule has 0 radical (unpaired) electrons. The van der Waals surface area contributed by atoms with Gasteiger partial charge in [-0.25, -0.2) is 9.97 Å². The summed E-state index contributed by atoms with van der Waals surface area (Å²) in [4.78, 5) is 36.4. The largest absolute Gasteiger partial charge is 0.375 e. The number of ether oxygens (including phenoxy) is 1. The fraction of sp³-hybridized carbons (Fsp3) is 0.462. The third-order valence-corrected chi connectivity index (χ3v) is 8.58. The number of likely N-dealkylation sites (tertiary alicyclic amines) is 1. The Bertz CT molecular complexity index is 1340. The summed E-state index contributed by atoms with van der Waals surface area (Å²) in [5.41, 5.74) is 4.81. The van der Waals surface area contributed by atoms with E-state index in [2.05, 4.69) is 36.1 Å². The van der Waals surface area contributed by atoms with Crippen molar-refractivity contribution in [3.63, 3.8) is 0 Å². The van der Waals surface area contributed by atoms with E-state index in [9.17, 15) is 9.59 Å². The topological polar surface area (TPSA) is 84.4 Å². The van der Waals surface area contributed by atoms with E-state index >= 15 is 0 Å². The van der Waals surface area contributed by atoms with Crippen LogP contribution in [0.25, 0.3) is 21.5 Å². The van der Waals surface area contributed by atoms with Gasteiger partial charge >= 0.3 is 0 Å². The molecular weight excluding hydrogens is 484 g/mol. The minimum absolute atomic E-state index is 0.0286. The van der Waals surface area contributed by atoms with Crippen LogP contribution < -0.4 is 5.32 Å². The first-order valence-electron chi connectivity index (χ1n) is 11.9. The van der Waals surface area contributed by atoms with Gasteiger partial charge in [-0.2, -0.15) is 0 Å². The highest BCUT2D eigenvalue weighted by molar-refractivity contribution is 7.19. The van der Waals surface area contributed by atoms with E-state index in [1.54, 1.807) is 6.33 Å². The Morgan fingerprint density at radius 3 is 2.69 bits per heavy atom. The second kappa shape index (κ2) is 8.34. The molecule has 4 heterocycles. The quantitative estimate of drug-likeness (QED) is 0.519. The highest BCUT2D eigenvalue weighted by atomic mass is 35.5. The van der Waals surface area contributed by atoms with Gasteiger partial charge in [-0.1, -0.05) is 11.6 Å². The van der Waals surface area contributed by atoms with E-state index < -0.39 is 0 Å². The van der Waals surface area contributed by atoms with Crippen molar-refractivity contribution in [1.82, 2.24) is 20.2 Å². The van der Waals surface area contributed by atoms with Gasteiger partial charge in [-0.15, -0.1) is 11.3 Å². The summed E-state index contributed by atoms with van der Waals surface area (Å²) in [6.07, 6.45) is 3.07. The summed E-state index contributed by atoms with van der Waals surface area (Å²) < 4.78 is 7.11. The Labute approximate surface area is 212 Å². The predicted octanol–water partition coefficient (Wildman–Crippen LogP) is 4.13. The van der Waals surface area contributed by atoms with Gasteiger partial charge in [-0.05, 0) is 56.5 Å². The van der Waals surface area contributed by atoms with Gasteiger partial charge in [0, 0.05) is 34.0 Å². The summed E-state index contributed by atoms with van der Waals surface area (Å²) in [6, 6.07) is 5.91. The first-order valence-corrected chi connectivity index (χ1v) is 13.1. The number of benzene rings is 1. The molecule has 182 valence electrons. The van der Waals surface area contributed by atoms with Gasteiger partial charge in [0.2, 0.25) is 11.8 Å². The number of imide groups is 1. The highest BCUT2D eigenvalue weighted by Gasteiger charge is 2.58. The lowest BCUT2D eigenvalue weighted by Gasteiger charge is -2.36. The van der Waals surface area contributed by atoms with Gasteiger partial charge in [-0.3, -0.25) is 14.5 Å². The molecule has 35 heavy (non-hydrogen) atoms. The monoisotopic (exact) mass is 510 g/mol. The number of carbonyl (C=O) groups excluding carboxylic acids is 2. The zero-order valence-electron chi connectivity index (χ0n) is 19.9. The van der Waals surface area contributed by atoms with Crippen LogP contribution in [0.3, 0.4) is 0 Å². The molecule has 3 atom stereocenters. The van der Waals surface area contributed by atoms with Crippen molar-refractivity contribution < 1.29 is 14.3 Å². The molecule has 1 N–H and O–H groups in total. The van der Waals surface area contributed by atoms with Crippen molar-refractivity contribution in [3.05, 3.63) is 45.6 Å². The van der Waals surface area contributed by atoms with Crippen molar-refractivity contribution in [2.24, 2.45) is 11.8 Å². The third kappa shape index (κ3) is 4.16. The first-order chi connectivity index (χ1) is 16.7. The van der Waals surface area contributed by atoms with Crippen molar-refractivity contribution >= 4 is 45.0 Å². The number of rotatable bonds is 5. The van der Waals surface area contributed by atoms with Crippen LogP contribution in [0.5, 0.6) is 0 Å². The summed E-state index contributed by atoms with van der Waals surface area (Å²) in [6.45, 7) is 8.07. The Morgan fingerprint density at radius 1 is 1.20 bits per heavy atom. The number of hydrogen-bond donors (Lipinski definition) is 1. The molecule has 1 aliphatic carbocycles. The molecule has 2 aliphatic heterocycles. The van der Waals surface area contributed by atoms with E-state index in [1.165, 1.54) is 16.2 Å². The lowest BCUT2D eigenvalue weighted by atomic mass is 9.93. The number of halogens is 1. The van der Waals surface area contributed by atoms with Crippen molar-refractivity contribution in [3.8, 4) is 11.3 Å². The lowest BCUT2D eigenvalue weighted by Crippen LogP contribution is -2.53. The molecule has 3 aliphatic rings. The van der Waals surface area contributed by atoms with Crippen LogP contribution in [0.2, 0.25) is 5.02 Å². The molecule has 1 saturated carbocycles.